The van der Waals surface area contributed by atoms with E-state index in [9.17, 15) is 14.7 Å². The molecule has 0 aromatic rings. The lowest BCUT2D eigenvalue weighted by Crippen LogP contribution is -2.60. The number of carbonyl (C=O) groups is 2. The van der Waals surface area contributed by atoms with Gasteiger partial charge in [-0.25, -0.2) is 4.79 Å². The number of Topliss-reactive ketones (excluding diaryl/α,β-unsaturated/α-hetero) is 1. The van der Waals surface area contributed by atoms with E-state index in [1.165, 1.54) is 0 Å². The number of hydrogen-bond acceptors (Lipinski definition) is 4. The number of hydrogen-bond donors (Lipinski definition) is 1. The molecule has 2 unspecified atom stereocenters. The summed E-state index contributed by atoms with van der Waals surface area (Å²) in [5.74, 6) is 0.429. The topological polar surface area (TPSA) is 63.6 Å². The number of ketones is 1. The number of ether oxygens (including phenoxy) is 1. The predicted octanol–water partition coefficient (Wildman–Crippen LogP) is 3.91. The normalized spacial score (nSPS) is 48.3. The highest BCUT2D eigenvalue weighted by Gasteiger charge is 2.65. The Hall–Kier alpha value is -1.16. The lowest BCUT2D eigenvalue weighted by molar-refractivity contribution is -0.194. The van der Waals surface area contributed by atoms with Gasteiger partial charge in [-0.1, -0.05) is 33.3 Å². The van der Waals surface area contributed by atoms with Crippen LogP contribution in [-0.4, -0.2) is 29.6 Å². The third-order valence-electron chi connectivity index (χ3n) is 8.66. The molecule has 0 aromatic heterocycles. The highest BCUT2D eigenvalue weighted by molar-refractivity contribution is 5.89. The summed E-state index contributed by atoms with van der Waals surface area (Å²) >= 11 is 0. The van der Waals surface area contributed by atoms with Gasteiger partial charge in [-0.15, -0.1) is 6.58 Å². The Morgan fingerprint density at radius 3 is 2.62 bits per heavy atom. The fraction of sp³-hybridized carbons (Fsp3) is 0.818. The third kappa shape index (κ3) is 2.51. The molecule has 4 nitrogen and oxygen atoms in total. The molecule has 26 heavy (non-hydrogen) atoms. The molecule has 0 saturated heterocycles. The monoisotopic (exact) mass is 362 g/mol. The first-order valence-corrected chi connectivity index (χ1v) is 10.1. The van der Waals surface area contributed by atoms with E-state index in [-0.39, 0.29) is 28.6 Å². The molecule has 1 N–H and O–H groups in total. The van der Waals surface area contributed by atoms with E-state index in [2.05, 4.69) is 27.4 Å². The van der Waals surface area contributed by atoms with Crippen molar-refractivity contribution in [1.29, 1.82) is 0 Å². The molecular weight excluding hydrogens is 328 g/mol. The Balaban J connectivity index is 2.17. The molecule has 0 spiro atoms. The van der Waals surface area contributed by atoms with Crippen LogP contribution in [0.5, 0.6) is 0 Å². The van der Waals surface area contributed by atoms with Crippen molar-refractivity contribution in [2.75, 3.05) is 6.61 Å². The molecular formula is C22H34O4. The first kappa shape index (κ1) is 19.6. The highest BCUT2D eigenvalue weighted by atomic mass is 16.6. The van der Waals surface area contributed by atoms with Crippen LogP contribution < -0.4 is 0 Å². The minimum atomic E-state index is -0.710. The van der Waals surface area contributed by atoms with Crippen LogP contribution in [0.2, 0.25) is 0 Å². The molecule has 3 saturated carbocycles. The summed E-state index contributed by atoms with van der Waals surface area (Å²) in [7, 11) is 0. The van der Waals surface area contributed by atoms with Crippen LogP contribution in [0.1, 0.15) is 66.2 Å². The van der Waals surface area contributed by atoms with E-state index >= 15 is 0 Å². The maximum Gasteiger partial charge on any atom is 0.332 e. The van der Waals surface area contributed by atoms with Crippen LogP contribution in [0, 0.1) is 34.0 Å². The van der Waals surface area contributed by atoms with Gasteiger partial charge in [0.1, 0.15) is 18.5 Å². The van der Waals surface area contributed by atoms with Gasteiger partial charge in [-0.05, 0) is 49.9 Å². The molecule has 0 aromatic carbocycles. The summed E-state index contributed by atoms with van der Waals surface area (Å²) in [6, 6.07) is 0. The van der Waals surface area contributed by atoms with Gasteiger partial charge in [0.2, 0.25) is 0 Å². The summed E-state index contributed by atoms with van der Waals surface area (Å²) in [6.45, 7) is 11.9. The van der Waals surface area contributed by atoms with Gasteiger partial charge in [0.05, 0.1) is 0 Å². The molecule has 0 aliphatic heterocycles. The molecule has 0 amide bonds. The minimum absolute atomic E-state index is 0.000631. The first-order valence-electron chi connectivity index (χ1n) is 10.1. The smallest absolute Gasteiger partial charge is 0.332 e. The second-order valence-electron chi connectivity index (χ2n) is 9.53. The van der Waals surface area contributed by atoms with Crippen LogP contribution in [-0.2, 0) is 14.3 Å². The average Bonchev–Trinajstić information content (AvgIpc) is 3.08. The Labute approximate surface area is 157 Å². The lowest BCUT2D eigenvalue weighted by atomic mass is 9.44. The van der Waals surface area contributed by atoms with Crippen LogP contribution in [0.3, 0.4) is 0 Å². The Bertz CT molecular complexity index is 613. The molecule has 4 heteroatoms. The SMILES string of the molecule is C=C[C@]1(C)C[C@@H](OC(=O)CO)[C@]2(C)C(C)CC[C@]3(CCCC32)[C@@H](C)C1=O. The molecule has 7 atom stereocenters. The number of esters is 1. The predicted molar refractivity (Wildman–Crippen MR) is 100 cm³/mol. The molecule has 3 aliphatic rings. The van der Waals surface area contributed by atoms with E-state index in [4.69, 9.17) is 4.74 Å². The molecule has 0 radical (unpaired) electrons. The summed E-state index contributed by atoms with van der Waals surface area (Å²) < 4.78 is 5.83. The molecule has 146 valence electrons. The van der Waals surface area contributed by atoms with Crippen molar-refractivity contribution in [2.45, 2.75) is 72.3 Å². The van der Waals surface area contributed by atoms with Gasteiger partial charge >= 0.3 is 5.97 Å². The van der Waals surface area contributed by atoms with Gasteiger partial charge in [0.25, 0.3) is 0 Å². The van der Waals surface area contributed by atoms with Gasteiger partial charge in [-0.3, -0.25) is 4.79 Å². The van der Waals surface area contributed by atoms with Crippen molar-refractivity contribution in [3.8, 4) is 0 Å². The Kier molecular flexibility index (Phi) is 4.88. The van der Waals surface area contributed by atoms with Crippen LogP contribution in [0.25, 0.3) is 0 Å². The number of carbonyl (C=O) groups excluding carboxylic acids is 2. The third-order valence-corrected chi connectivity index (χ3v) is 8.66. The van der Waals surface area contributed by atoms with Crippen molar-refractivity contribution in [3.05, 3.63) is 12.7 Å². The first-order chi connectivity index (χ1) is 12.2. The largest absolute Gasteiger partial charge is 0.460 e. The fourth-order valence-corrected chi connectivity index (χ4v) is 6.75. The fourth-order valence-electron chi connectivity index (χ4n) is 6.75. The summed E-state index contributed by atoms with van der Waals surface area (Å²) in [5, 5.41) is 9.27. The van der Waals surface area contributed by atoms with Gasteiger partial charge < -0.3 is 9.84 Å². The van der Waals surface area contributed by atoms with Gasteiger partial charge in [-0.2, -0.15) is 0 Å². The van der Waals surface area contributed by atoms with Crippen LogP contribution in [0.4, 0.5) is 0 Å². The minimum Gasteiger partial charge on any atom is -0.460 e. The molecule has 0 heterocycles. The van der Waals surface area contributed by atoms with Crippen molar-refractivity contribution < 1.29 is 19.4 Å². The van der Waals surface area contributed by atoms with E-state index in [1.807, 2.05) is 6.92 Å². The van der Waals surface area contributed by atoms with Crippen molar-refractivity contribution >= 4 is 11.8 Å². The quantitative estimate of drug-likeness (QED) is 0.611. The highest BCUT2D eigenvalue weighted by Crippen LogP contribution is 2.68. The van der Waals surface area contributed by atoms with Crippen molar-refractivity contribution in [2.24, 2.45) is 34.0 Å². The molecule has 3 fully saturated rings. The Morgan fingerprint density at radius 1 is 1.31 bits per heavy atom. The van der Waals surface area contributed by atoms with Gasteiger partial charge in [0, 0.05) is 23.2 Å². The van der Waals surface area contributed by atoms with E-state index in [0.29, 0.717) is 18.3 Å². The van der Waals surface area contributed by atoms with Crippen molar-refractivity contribution in [3.63, 3.8) is 0 Å². The van der Waals surface area contributed by atoms with Crippen molar-refractivity contribution in [1.82, 2.24) is 0 Å². The maximum absolute atomic E-state index is 13.5. The molecule has 3 rings (SSSR count). The van der Waals surface area contributed by atoms with E-state index < -0.39 is 18.0 Å². The summed E-state index contributed by atoms with van der Waals surface area (Å²) in [5.41, 5.74) is -0.885. The van der Waals surface area contributed by atoms with E-state index in [0.717, 1.165) is 32.1 Å². The number of rotatable bonds is 3. The standard InChI is InChI=1S/C22H34O4/c1-6-20(4)12-17(26-18(24)13-23)21(5)14(2)9-11-22(15(3)19(20)25)10-7-8-16(21)22/h6,14-17,23H,1,7-13H2,2-5H3/t14?,15-,16?,17+,20+,21+,22+/m0/s1. The number of aliphatic hydroxyl groups is 1. The zero-order valence-electron chi connectivity index (χ0n) is 16.7. The summed E-state index contributed by atoms with van der Waals surface area (Å²) in [6.07, 6.45) is 7.28. The van der Waals surface area contributed by atoms with Crippen LogP contribution in [0.15, 0.2) is 12.7 Å². The summed E-state index contributed by atoms with van der Waals surface area (Å²) in [4.78, 5) is 25.6. The maximum atomic E-state index is 13.5. The van der Waals surface area contributed by atoms with Gasteiger partial charge in [0.15, 0.2) is 0 Å². The Morgan fingerprint density at radius 2 is 2.00 bits per heavy atom. The van der Waals surface area contributed by atoms with E-state index in [1.54, 1.807) is 6.08 Å². The zero-order chi connectivity index (χ0) is 19.3. The zero-order valence-corrected chi connectivity index (χ0v) is 16.7. The number of allylic oxidation sites excluding steroid dienone is 1. The second-order valence-corrected chi connectivity index (χ2v) is 9.53. The molecule has 3 aliphatic carbocycles. The van der Waals surface area contributed by atoms with Crippen LogP contribution >= 0.6 is 0 Å². The average molecular weight is 363 g/mol. The molecule has 2 bridgehead atoms. The second kappa shape index (κ2) is 6.47. The number of aliphatic hydroxyl groups excluding tert-OH is 1. The lowest BCUT2D eigenvalue weighted by Gasteiger charge is -2.61.